The van der Waals surface area contributed by atoms with Gasteiger partial charge in [-0.1, -0.05) is 0 Å². The second kappa shape index (κ2) is 5.49. The summed E-state index contributed by atoms with van der Waals surface area (Å²) >= 11 is 4.99. The number of carbonyl (C=O) groups excluding carboxylic acids is 1. The molecule has 0 aliphatic rings. The molecule has 0 spiro atoms. The van der Waals surface area contributed by atoms with Crippen molar-refractivity contribution in [1.29, 1.82) is 0 Å². The van der Waals surface area contributed by atoms with Gasteiger partial charge in [0.05, 0.1) is 15.9 Å². The van der Waals surface area contributed by atoms with Gasteiger partial charge in [0, 0.05) is 24.1 Å². The third kappa shape index (κ3) is 3.08. The van der Waals surface area contributed by atoms with E-state index in [1.807, 2.05) is 12.1 Å². The molecule has 0 atom stereocenters. The van der Waals surface area contributed by atoms with E-state index in [2.05, 4.69) is 15.9 Å². The number of halogens is 1. The first kappa shape index (κ1) is 13.0. The molecule has 0 aliphatic heterocycles. The zero-order valence-electron chi connectivity index (χ0n) is 9.67. The largest absolute Gasteiger partial charge is 0.619 e. The van der Waals surface area contributed by atoms with Gasteiger partial charge in [-0.3, -0.25) is 4.79 Å². The number of carbonyl (C=O) groups is 1. The van der Waals surface area contributed by atoms with Gasteiger partial charge in [0.2, 0.25) is 0 Å². The van der Waals surface area contributed by atoms with Crippen molar-refractivity contribution in [2.45, 2.75) is 6.54 Å². The quantitative estimate of drug-likeness (QED) is 0.642. The molecule has 0 radical (unpaired) electrons. The van der Waals surface area contributed by atoms with E-state index in [4.69, 9.17) is 0 Å². The molecule has 0 unspecified atom stereocenters. The van der Waals surface area contributed by atoms with E-state index in [9.17, 15) is 10.0 Å². The highest BCUT2D eigenvalue weighted by Crippen LogP contribution is 2.23. The molecule has 1 amide bonds. The summed E-state index contributed by atoms with van der Waals surface area (Å²) in [6, 6.07) is 6.99. The lowest BCUT2D eigenvalue weighted by molar-refractivity contribution is -0.605. The molecule has 0 bridgehead atoms. The molecule has 0 saturated carbocycles. The average molecular weight is 327 g/mol. The summed E-state index contributed by atoms with van der Waals surface area (Å²) in [5, 5.41) is 10.9. The number of nitrogens with zero attached hydrogens (tertiary/aromatic N) is 2. The second-order valence-corrected chi connectivity index (χ2v) is 6.36. The Balaban J connectivity index is 2.07. The number of amides is 1. The van der Waals surface area contributed by atoms with E-state index in [-0.39, 0.29) is 5.91 Å². The molecular weight excluding hydrogens is 316 g/mol. The van der Waals surface area contributed by atoms with Crippen LogP contribution >= 0.6 is 27.3 Å². The lowest BCUT2D eigenvalue weighted by atomic mass is 10.2. The van der Waals surface area contributed by atoms with E-state index < -0.39 is 0 Å². The van der Waals surface area contributed by atoms with Gasteiger partial charge in [-0.25, -0.2) is 0 Å². The molecule has 0 aliphatic carbocycles. The predicted molar refractivity (Wildman–Crippen MR) is 73.2 cm³/mol. The summed E-state index contributed by atoms with van der Waals surface area (Å²) in [5.41, 5.74) is 0.514. The molecule has 6 heteroatoms. The van der Waals surface area contributed by atoms with E-state index in [1.165, 1.54) is 24.5 Å². The van der Waals surface area contributed by atoms with Crippen LogP contribution in [0.15, 0.2) is 40.4 Å². The second-order valence-electron chi connectivity index (χ2n) is 3.81. The maximum atomic E-state index is 12.1. The van der Waals surface area contributed by atoms with Crippen LogP contribution in [0.2, 0.25) is 0 Å². The fourth-order valence-electron chi connectivity index (χ4n) is 1.52. The molecule has 94 valence electrons. The van der Waals surface area contributed by atoms with E-state index in [1.54, 1.807) is 23.3 Å². The fourth-order valence-corrected chi connectivity index (χ4v) is 3.05. The Bertz CT molecular complexity index is 553. The van der Waals surface area contributed by atoms with Crippen LogP contribution in [-0.4, -0.2) is 17.9 Å². The first-order valence-electron chi connectivity index (χ1n) is 5.25. The van der Waals surface area contributed by atoms with Crippen LogP contribution in [0, 0.1) is 5.21 Å². The van der Waals surface area contributed by atoms with Gasteiger partial charge in [0.15, 0.2) is 12.4 Å². The van der Waals surface area contributed by atoms with Crippen LogP contribution in [0.5, 0.6) is 0 Å². The third-order valence-electron chi connectivity index (χ3n) is 2.42. The third-order valence-corrected chi connectivity index (χ3v) is 4.03. The van der Waals surface area contributed by atoms with Crippen molar-refractivity contribution < 1.29 is 9.52 Å². The van der Waals surface area contributed by atoms with Crippen LogP contribution in [0.1, 0.15) is 15.2 Å². The molecule has 2 aromatic rings. The van der Waals surface area contributed by atoms with Crippen molar-refractivity contribution in [2.75, 3.05) is 7.05 Å². The van der Waals surface area contributed by atoms with E-state index in [0.717, 1.165) is 8.66 Å². The summed E-state index contributed by atoms with van der Waals surface area (Å²) in [6.45, 7) is 0.557. The predicted octanol–water partition coefficient (Wildman–Crippen LogP) is 2.42. The van der Waals surface area contributed by atoms with Gasteiger partial charge >= 0.3 is 0 Å². The fraction of sp³-hybridized carbons (Fsp3) is 0.167. The van der Waals surface area contributed by atoms with Gasteiger partial charge in [0.25, 0.3) is 5.91 Å². The van der Waals surface area contributed by atoms with Gasteiger partial charge in [-0.15, -0.1) is 11.3 Å². The Morgan fingerprint density at radius 3 is 2.61 bits per heavy atom. The van der Waals surface area contributed by atoms with Crippen LogP contribution < -0.4 is 4.73 Å². The molecule has 2 rings (SSSR count). The topological polar surface area (TPSA) is 47.2 Å². The average Bonchev–Trinajstić information content (AvgIpc) is 2.75. The number of aromatic nitrogens is 1. The lowest BCUT2D eigenvalue weighted by Gasteiger charge is -2.15. The number of hydrogen-bond donors (Lipinski definition) is 0. The monoisotopic (exact) mass is 326 g/mol. The van der Waals surface area contributed by atoms with Gasteiger partial charge in [-0.05, 0) is 28.1 Å². The minimum absolute atomic E-state index is 0.0971. The maximum absolute atomic E-state index is 12.1. The Kier molecular flexibility index (Phi) is 3.98. The maximum Gasteiger partial charge on any atom is 0.254 e. The summed E-state index contributed by atoms with van der Waals surface area (Å²) < 4.78 is 1.71. The minimum Gasteiger partial charge on any atom is -0.619 e. The summed E-state index contributed by atoms with van der Waals surface area (Å²) in [6.07, 6.45) is 2.64. The van der Waals surface area contributed by atoms with Crippen LogP contribution in [0.3, 0.4) is 0 Å². The number of pyridine rings is 1. The number of hydrogen-bond acceptors (Lipinski definition) is 3. The summed E-state index contributed by atoms with van der Waals surface area (Å²) in [4.78, 5) is 14.8. The normalized spacial score (nSPS) is 10.3. The lowest BCUT2D eigenvalue weighted by Crippen LogP contribution is -2.28. The molecule has 0 saturated heterocycles. The standard InChI is InChI=1S/C12H11BrN2O2S/c1-14(8-10-2-3-11(13)18-10)12(16)9-4-6-15(17)7-5-9/h2-7H,8H2,1H3. The highest BCUT2D eigenvalue weighted by Gasteiger charge is 2.13. The highest BCUT2D eigenvalue weighted by atomic mass is 79.9. The molecular formula is C12H11BrN2O2S. The molecule has 4 nitrogen and oxygen atoms in total. The van der Waals surface area contributed by atoms with Crippen molar-refractivity contribution in [3.05, 3.63) is 56.1 Å². The van der Waals surface area contributed by atoms with Crippen molar-refractivity contribution in [1.82, 2.24) is 4.90 Å². The Morgan fingerprint density at radius 1 is 1.39 bits per heavy atom. The molecule has 18 heavy (non-hydrogen) atoms. The van der Waals surface area contributed by atoms with Crippen molar-refractivity contribution in [3.63, 3.8) is 0 Å². The Morgan fingerprint density at radius 2 is 2.06 bits per heavy atom. The van der Waals surface area contributed by atoms with E-state index in [0.29, 0.717) is 16.8 Å². The van der Waals surface area contributed by atoms with Crippen molar-refractivity contribution >= 4 is 33.2 Å². The first-order valence-corrected chi connectivity index (χ1v) is 6.86. The van der Waals surface area contributed by atoms with Gasteiger partial charge in [0.1, 0.15) is 0 Å². The van der Waals surface area contributed by atoms with Crippen LogP contribution in [-0.2, 0) is 6.54 Å². The molecule has 0 aromatic carbocycles. The molecule has 2 heterocycles. The first-order chi connectivity index (χ1) is 8.56. The minimum atomic E-state index is -0.0971. The summed E-state index contributed by atoms with van der Waals surface area (Å²) in [7, 11) is 1.74. The Labute approximate surface area is 117 Å². The smallest absolute Gasteiger partial charge is 0.254 e. The summed E-state index contributed by atoms with van der Waals surface area (Å²) in [5.74, 6) is -0.0971. The Hall–Kier alpha value is -1.40. The van der Waals surface area contributed by atoms with Crippen LogP contribution in [0.4, 0.5) is 0 Å². The van der Waals surface area contributed by atoms with E-state index >= 15 is 0 Å². The number of rotatable bonds is 3. The SMILES string of the molecule is CN(Cc1ccc(Br)s1)C(=O)c1cc[n+]([O-])cc1. The van der Waals surface area contributed by atoms with Gasteiger partial charge < -0.3 is 10.1 Å². The highest BCUT2D eigenvalue weighted by molar-refractivity contribution is 9.11. The van der Waals surface area contributed by atoms with Crippen molar-refractivity contribution in [3.8, 4) is 0 Å². The molecule has 0 fully saturated rings. The zero-order chi connectivity index (χ0) is 13.1. The molecule has 0 N–H and O–H groups in total. The molecule has 2 aromatic heterocycles. The van der Waals surface area contributed by atoms with Crippen molar-refractivity contribution in [2.24, 2.45) is 0 Å². The number of thiophene rings is 1. The van der Waals surface area contributed by atoms with Crippen LogP contribution in [0.25, 0.3) is 0 Å². The zero-order valence-corrected chi connectivity index (χ0v) is 12.1. The van der Waals surface area contributed by atoms with Gasteiger partial charge in [-0.2, -0.15) is 4.73 Å².